The van der Waals surface area contributed by atoms with Gasteiger partial charge in [-0.05, 0) is 17.7 Å². The van der Waals surface area contributed by atoms with Gasteiger partial charge in [-0.2, -0.15) is 0 Å². The lowest BCUT2D eigenvalue weighted by Gasteiger charge is -2.08. The number of ether oxygens (including phenoxy) is 1. The van der Waals surface area contributed by atoms with Gasteiger partial charge in [0.25, 0.3) is 5.69 Å². The predicted molar refractivity (Wildman–Crippen MR) is 86.4 cm³/mol. The SMILES string of the molecule is O=C(CNC(=O)OCc1ccccc1)Nc1ccc([N+](=O)[O-])cc1. The lowest BCUT2D eigenvalue weighted by molar-refractivity contribution is -0.384. The fraction of sp³-hybridized carbons (Fsp3) is 0.125. The molecule has 0 spiro atoms. The highest BCUT2D eigenvalue weighted by Gasteiger charge is 2.08. The van der Waals surface area contributed by atoms with Gasteiger partial charge in [0.05, 0.1) is 4.92 Å². The van der Waals surface area contributed by atoms with Crippen molar-refractivity contribution in [1.82, 2.24) is 5.32 Å². The van der Waals surface area contributed by atoms with Crippen LogP contribution in [0.2, 0.25) is 0 Å². The molecule has 0 radical (unpaired) electrons. The Kier molecular flexibility index (Phi) is 5.84. The Morgan fingerprint density at radius 2 is 1.71 bits per heavy atom. The van der Waals surface area contributed by atoms with Gasteiger partial charge in [-0.3, -0.25) is 14.9 Å². The van der Waals surface area contributed by atoms with Crippen LogP contribution in [0, 0.1) is 10.1 Å². The molecule has 2 aromatic carbocycles. The van der Waals surface area contributed by atoms with Crippen LogP contribution in [0.1, 0.15) is 5.56 Å². The van der Waals surface area contributed by atoms with Crippen LogP contribution in [0.25, 0.3) is 0 Å². The van der Waals surface area contributed by atoms with E-state index in [9.17, 15) is 19.7 Å². The molecule has 2 rings (SSSR count). The van der Waals surface area contributed by atoms with Gasteiger partial charge in [0.2, 0.25) is 5.91 Å². The number of amides is 2. The first-order valence-electron chi connectivity index (χ1n) is 7.03. The number of nitro benzene ring substituents is 1. The molecule has 0 saturated carbocycles. The minimum absolute atomic E-state index is 0.0735. The lowest BCUT2D eigenvalue weighted by Crippen LogP contribution is -2.33. The second-order valence-corrected chi connectivity index (χ2v) is 4.77. The maximum Gasteiger partial charge on any atom is 0.407 e. The predicted octanol–water partition coefficient (Wildman–Crippen LogP) is 2.46. The summed E-state index contributed by atoms with van der Waals surface area (Å²) in [5, 5.41) is 15.4. The summed E-state index contributed by atoms with van der Waals surface area (Å²) in [5.74, 6) is -0.472. The number of hydrogen-bond acceptors (Lipinski definition) is 5. The lowest BCUT2D eigenvalue weighted by atomic mass is 10.2. The van der Waals surface area contributed by atoms with Crippen molar-refractivity contribution in [3.05, 3.63) is 70.3 Å². The number of anilines is 1. The molecule has 2 aromatic rings. The molecule has 0 heterocycles. The van der Waals surface area contributed by atoms with Gasteiger partial charge in [0.1, 0.15) is 13.2 Å². The molecule has 0 aliphatic rings. The highest BCUT2D eigenvalue weighted by Crippen LogP contribution is 2.15. The number of nitrogens with zero attached hydrogens (tertiary/aromatic N) is 1. The molecule has 8 heteroatoms. The van der Waals surface area contributed by atoms with Crippen molar-refractivity contribution in [2.24, 2.45) is 0 Å². The summed E-state index contributed by atoms with van der Waals surface area (Å²) < 4.78 is 4.97. The van der Waals surface area contributed by atoms with Crippen molar-refractivity contribution < 1.29 is 19.2 Å². The van der Waals surface area contributed by atoms with Gasteiger partial charge in [0.15, 0.2) is 0 Å². The first-order chi connectivity index (χ1) is 11.5. The van der Waals surface area contributed by atoms with E-state index >= 15 is 0 Å². The summed E-state index contributed by atoms with van der Waals surface area (Å²) in [5.41, 5.74) is 1.16. The third kappa shape index (κ3) is 5.41. The quantitative estimate of drug-likeness (QED) is 0.625. The van der Waals surface area contributed by atoms with Crippen molar-refractivity contribution in [1.29, 1.82) is 0 Å². The number of rotatable bonds is 6. The molecule has 24 heavy (non-hydrogen) atoms. The van der Waals surface area contributed by atoms with Crippen molar-refractivity contribution in [2.75, 3.05) is 11.9 Å². The first-order valence-corrected chi connectivity index (χ1v) is 7.03. The minimum Gasteiger partial charge on any atom is -0.445 e. The standard InChI is InChI=1S/C16H15N3O5/c20-15(18-13-6-8-14(9-7-13)19(22)23)10-17-16(21)24-11-12-4-2-1-3-5-12/h1-9H,10-11H2,(H,17,21)(H,18,20). The van der Waals surface area contributed by atoms with Gasteiger partial charge in [0, 0.05) is 17.8 Å². The molecule has 2 N–H and O–H groups in total. The monoisotopic (exact) mass is 329 g/mol. The van der Waals surface area contributed by atoms with Crippen molar-refractivity contribution in [3.63, 3.8) is 0 Å². The van der Waals surface area contributed by atoms with Crippen molar-refractivity contribution in [2.45, 2.75) is 6.61 Å². The van der Waals surface area contributed by atoms with E-state index in [2.05, 4.69) is 10.6 Å². The molecule has 124 valence electrons. The maximum atomic E-state index is 11.7. The molecule has 0 atom stereocenters. The van der Waals surface area contributed by atoms with E-state index in [-0.39, 0.29) is 18.8 Å². The number of hydrogen-bond donors (Lipinski definition) is 2. The molecular weight excluding hydrogens is 314 g/mol. The molecule has 2 amide bonds. The molecule has 0 fully saturated rings. The molecule has 0 aliphatic carbocycles. The largest absolute Gasteiger partial charge is 0.445 e. The number of carbonyl (C=O) groups is 2. The Balaban J connectivity index is 1.72. The van der Waals surface area contributed by atoms with Crippen LogP contribution in [-0.4, -0.2) is 23.5 Å². The van der Waals surface area contributed by atoms with Crippen LogP contribution in [0.3, 0.4) is 0 Å². The molecule has 0 aliphatic heterocycles. The van der Waals surface area contributed by atoms with Crippen LogP contribution in [0.15, 0.2) is 54.6 Å². The second-order valence-electron chi connectivity index (χ2n) is 4.77. The summed E-state index contributed by atoms with van der Waals surface area (Å²) in [6.07, 6.45) is -0.710. The molecule has 8 nitrogen and oxygen atoms in total. The van der Waals surface area contributed by atoms with E-state index in [1.807, 2.05) is 30.3 Å². The summed E-state index contributed by atoms with van der Waals surface area (Å²) in [7, 11) is 0. The summed E-state index contributed by atoms with van der Waals surface area (Å²) >= 11 is 0. The van der Waals surface area contributed by atoms with Gasteiger partial charge < -0.3 is 15.4 Å². The van der Waals surface area contributed by atoms with E-state index in [0.29, 0.717) is 5.69 Å². The summed E-state index contributed by atoms with van der Waals surface area (Å²) in [6, 6.07) is 14.5. The number of nitrogens with one attached hydrogen (secondary N) is 2. The highest BCUT2D eigenvalue weighted by molar-refractivity contribution is 5.93. The number of non-ortho nitro benzene ring substituents is 1. The summed E-state index contributed by atoms with van der Waals surface area (Å²) in [6.45, 7) is -0.165. The topological polar surface area (TPSA) is 111 Å². The van der Waals surface area contributed by atoms with Crippen LogP contribution in [0.4, 0.5) is 16.2 Å². The van der Waals surface area contributed by atoms with Gasteiger partial charge in [-0.1, -0.05) is 30.3 Å². The zero-order valence-electron chi connectivity index (χ0n) is 12.6. The van der Waals surface area contributed by atoms with Crippen LogP contribution in [-0.2, 0) is 16.1 Å². The average Bonchev–Trinajstić information content (AvgIpc) is 2.59. The Morgan fingerprint density at radius 1 is 1.04 bits per heavy atom. The van der Waals surface area contributed by atoms with Crippen LogP contribution >= 0.6 is 0 Å². The Labute approximate surface area is 137 Å². The van der Waals surface area contributed by atoms with Gasteiger partial charge in [-0.15, -0.1) is 0 Å². The molecule has 0 unspecified atom stereocenters. The van der Waals surface area contributed by atoms with Gasteiger partial charge >= 0.3 is 6.09 Å². The Morgan fingerprint density at radius 3 is 2.33 bits per heavy atom. The number of alkyl carbamates (subject to hydrolysis) is 1. The van der Waals surface area contributed by atoms with E-state index < -0.39 is 16.9 Å². The smallest absolute Gasteiger partial charge is 0.407 e. The molecule has 0 aromatic heterocycles. The van der Waals surface area contributed by atoms with E-state index in [0.717, 1.165) is 5.56 Å². The average molecular weight is 329 g/mol. The molecular formula is C16H15N3O5. The number of carbonyl (C=O) groups excluding carboxylic acids is 2. The van der Waals surface area contributed by atoms with Crippen LogP contribution < -0.4 is 10.6 Å². The molecule has 0 saturated heterocycles. The maximum absolute atomic E-state index is 11.7. The normalized spacial score (nSPS) is 9.83. The van der Waals surface area contributed by atoms with E-state index in [1.165, 1.54) is 24.3 Å². The molecule has 0 bridgehead atoms. The van der Waals surface area contributed by atoms with Crippen molar-refractivity contribution >= 4 is 23.4 Å². The van der Waals surface area contributed by atoms with Crippen molar-refractivity contribution in [3.8, 4) is 0 Å². The zero-order valence-corrected chi connectivity index (χ0v) is 12.6. The Bertz CT molecular complexity index is 716. The third-order valence-electron chi connectivity index (χ3n) is 2.97. The fourth-order valence-electron chi connectivity index (χ4n) is 1.80. The van der Waals surface area contributed by atoms with E-state index in [4.69, 9.17) is 4.74 Å². The zero-order chi connectivity index (χ0) is 17.4. The van der Waals surface area contributed by atoms with E-state index in [1.54, 1.807) is 0 Å². The Hall–Kier alpha value is -3.42. The minimum atomic E-state index is -0.710. The highest BCUT2D eigenvalue weighted by atomic mass is 16.6. The fourth-order valence-corrected chi connectivity index (χ4v) is 1.80. The summed E-state index contributed by atoms with van der Waals surface area (Å²) in [4.78, 5) is 33.2. The van der Waals surface area contributed by atoms with Crippen LogP contribution in [0.5, 0.6) is 0 Å². The number of nitro groups is 1. The number of benzene rings is 2. The first kappa shape index (κ1) is 16.9. The third-order valence-corrected chi connectivity index (χ3v) is 2.97. The van der Waals surface area contributed by atoms with Gasteiger partial charge in [-0.25, -0.2) is 4.79 Å². The second kappa shape index (κ2) is 8.28.